The van der Waals surface area contributed by atoms with Crippen LogP contribution in [0.1, 0.15) is 66.4 Å². The molecule has 162 valence electrons. The predicted octanol–water partition coefficient (Wildman–Crippen LogP) is 4.61. The molecule has 4 nitrogen and oxygen atoms in total. The smallest absolute Gasteiger partial charge is 0.223 e. The molecule has 1 aliphatic carbocycles. The Morgan fingerprint density at radius 2 is 1.66 bits per heavy atom. The van der Waals surface area contributed by atoms with Gasteiger partial charge in [-0.1, -0.05) is 26.0 Å². The Morgan fingerprint density at radius 3 is 2.21 bits per heavy atom. The van der Waals surface area contributed by atoms with Crippen LogP contribution < -0.4 is 5.32 Å². The predicted molar refractivity (Wildman–Crippen MR) is 119 cm³/mol. The van der Waals surface area contributed by atoms with E-state index in [1.165, 1.54) is 5.56 Å². The Labute approximate surface area is 177 Å². The number of rotatable bonds is 6. The third-order valence-corrected chi connectivity index (χ3v) is 7.83. The van der Waals surface area contributed by atoms with Gasteiger partial charge in [0.1, 0.15) is 5.75 Å². The Morgan fingerprint density at radius 1 is 1.10 bits per heavy atom. The molecule has 0 aromatic heterocycles. The quantitative estimate of drug-likeness (QED) is 0.733. The van der Waals surface area contributed by atoms with Crippen molar-refractivity contribution in [1.82, 2.24) is 10.2 Å². The number of aromatic hydroxyl groups is 1. The lowest BCUT2D eigenvalue weighted by Crippen LogP contribution is -2.62. The number of amides is 1. The topological polar surface area (TPSA) is 52.6 Å². The summed E-state index contributed by atoms with van der Waals surface area (Å²) < 4.78 is 0. The molecule has 4 heteroatoms. The largest absolute Gasteiger partial charge is 0.508 e. The number of nitrogens with one attached hydrogen (secondary N) is 1. The number of carbonyl (C=O) groups excluding carboxylic acids is 1. The van der Waals surface area contributed by atoms with Crippen molar-refractivity contribution >= 4 is 5.91 Å². The second-order valence-electron chi connectivity index (χ2n) is 11.0. The van der Waals surface area contributed by atoms with Crippen LogP contribution in [0.4, 0.5) is 0 Å². The van der Waals surface area contributed by atoms with E-state index < -0.39 is 0 Å². The molecule has 1 heterocycles. The summed E-state index contributed by atoms with van der Waals surface area (Å²) in [4.78, 5) is 15.5. The molecule has 29 heavy (non-hydrogen) atoms. The first-order valence-corrected chi connectivity index (χ1v) is 11.2. The van der Waals surface area contributed by atoms with Crippen LogP contribution in [0, 0.1) is 23.7 Å². The summed E-state index contributed by atoms with van der Waals surface area (Å²) in [5.74, 6) is 2.30. The van der Waals surface area contributed by atoms with Gasteiger partial charge in [-0.05, 0) is 95.9 Å². The van der Waals surface area contributed by atoms with Crippen molar-refractivity contribution in [3.05, 3.63) is 29.8 Å². The second-order valence-corrected chi connectivity index (χ2v) is 11.0. The lowest BCUT2D eigenvalue weighted by atomic mass is 9.77. The van der Waals surface area contributed by atoms with Crippen molar-refractivity contribution < 1.29 is 9.90 Å². The molecule has 1 saturated heterocycles. The summed E-state index contributed by atoms with van der Waals surface area (Å²) in [5, 5.41) is 12.8. The molecule has 0 radical (unpaired) electrons. The minimum atomic E-state index is 0.0770. The number of nitrogens with zero attached hydrogens (tertiary/aromatic N) is 1. The van der Waals surface area contributed by atoms with Gasteiger partial charge in [-0.3, -0.25) is 9.69 Å². The van der Waals surface area contributed by atoms with E-state index in [0.717, 1.165) is 25.7 Å². The summed E-state index contributed by atoms with van der Waals surface area (Å²) >= 11 is 0. The Balaban J connectivity index is 1.53. The summed E-state index contributed by atoms with van der Waals surface area (Å²) in [6, 6.07) is 7.77. The maximum absolute atomic E-state index is 13.0. The van der Waals surface area contributed by atoms with Gasteiger partial charge in [0.05, 0.1) is 0 Å². The van der Waals surface area contributed by atoms with E-state index in [0.29, 0.717) is 23.5 Å². The maximum atomic E-state index is 13.0. The van der Waals surface area contributed by atoms with Crippen molar-refractivity contribution in [2.45, 2.75) is 84.3 Å². The van der Waals surface area contributed by atoms with E-state index in [-0.39, 0.29) is 28.9 Å². The number of phenols is 1. The van der Waals surface area contributed by atoms with Gasteiger partial charge < -0.3 is 10.4 Å². The van der Waals surface area contributed by atoms with Crippen LogP contribution in [0.15, 0.2) is 24.3 Å². The fourth-order valence-corrected chi connectivity index (χ4v) is 5.62. The average molecular weight is 401 g/mol. The summed E-state index contributed by atoms with van der Waals surface area (Å²) in [6.45, 7) is 13.5. The monoisotopic (exact) mass is 400 g/mol. The van der Waals surface area contributed by atoms with Crippen LogP contribution in [0.3, 0.4) is 0 Å². The molecule has 1 amide bonds. The van der Waals surface area contributed by atoms with Gasteiger partial charge in [0, 0.05) is 23.0 Å². The van der Waals surface area contributed by atoms with Crippen molar-refractivity contribution in [2.75, 3.05) is 7.05 Å². The first-order chi connectivity index (χ1) is 13.4. The van der Waals surface area contributed by atoms with E-state index in [1.807, 2.05) is 12.1 Å². The molecule has 1 saturated carbocycles. The van der Waals surface area contributed by atoms with Crippen molar-refractivity contribution in [1.29, 1.82) is 0 Å². The number of piperidine rings is 1. The highest BCUT2D eigenvalue weighted by molar-refractivity contribution is 5.79. The zero-order valence-corrected chi connectivity index (χ0v) is 19.3. The first kappa shape index (κ1) is 22.1. The van der Waals surface area contributed by atoms with Gasteiger partial charge in [0.25, 0.3) is 0 Å². The van der Waals surface area contributed by atoms with Crippen LogP contribution >= 0.6 is 0 Å². The number of hydrogen-bond donors (Lipinski definition) is 2. The van der Waals surface area contributed by atoms with Crippen LogP contribution in [-0.2, 0) is 11.2 Å². The molecular formula is C25H40N2O2. The fourth-order valence-electron chi connectivity index (χ4n) is 5.62. The molecule has 0 unspecified atom stereocenters. The fraction of sp³-hybridized carbons (Fsp3) is 0.720. The van der Waals surface area contributed by atoms with E-state index in [1.54, 1.807) is 12.1 Å². The number of benzene rings is 1. The molecule has 4 atom stereocenters. The average Bonchev–Trinajstić information content (AvgIpc) is 3.41. The minimum Gasteiger partial charge on any atom is -0.508 e. The normalized spacial score (nSPS) is 28.5. The third kappa shape index (κ3) is 4.96. The molecule has 1 aromatic carbocycles. The van der Waals surface area contributed by atoms with E-state index in [4.69, 9.17) is 0 Å². The summed E-state index contributed by atoms with van der Waals surface area (Å²) in [5.41, 5.74) is 1.43. The molecular weight excluding hydrogens is 360 g/mol. The highest BCUT2D eigenvalue weighted by Crippen LogP contribution is 2.50. The highest BCUT2D eigenvalue weighted by atomic mass is 16.3. The lowest BCUT2D eigenvalue weighted by molar-refractivity contribution is -0.127. The third-order valence-electron chi connectivity index (χ3n) is 7.83. The Hall–Kier alpha value is -1.55. The van der Waals surface area contributed by atoms with Gasteiger partial charge >= 0.3 is 0 Å². The van der Waals surface area contributed by atoms with Gasteiger partial charge in [0.15, 0.2) is 0 Å². The van der Waals surface area contributed by atoms with Crippen LogP contribution in [0.2, 0.25) is 0 Å². The summed E-state index contributed by atoms with van der Waals surface area (Å²) in [7, 11) is 2.20. The van der Waals surface area contributed by atoms with Crippen LogP contribution in [0.25, 0.3) is 0 Å². The minimum absolute atomic E-state index is 0.0770. The Bertz CT molecular complexity index is 707. The SMILES string of the molecule is C[C@H](C(=O)NC1CC(C)(C)N(C)C(C)(C)C1)[C@@H]1C[C@H]1[C@@H](C)Cc1ccc(O)cc1. The molecule has 2 N–H and O–H groups in total. The zero-order chi connectivity index (χ0) is 21.6. The molecule has 0 bridgehead atoms. The highest BCUT2D eigenvalue weighted by Gasteiger charge is 2.48. The van der Waals surface area contributed by atoms with E-state index >= 15 is 0 Å². The molecule has 2 fully saturated rings. The number of likely N-dealkylation sites (tertiary alicyclic amines) is 1. The Kier molecular flexibility index (Phi) is 6.06. The molecule has 1 aliphatic heterocycles. The first-order valence-electron chi connectivity index (χ1n) is 11.2. The van der Waals surface area contributed by atoms with Crippen molar-refractivity contribution in [3.8, 4) is 5.75 Å². The van der Waals surface area contributed by atoms with Crippen molar-refractivity contribution in [3.63, 3.8) is 0 Å². The van der Waals surface area contributed by atoms with Crippen molar-refractivity contribution in [2.24, 2.45) is 23.7 Å². The summed E-state index contributed by atoms with van der Waals surface area (Å²) in [6.07, 6.45) is 4.15. The number of hydrogen-bond acceptors (Lipinski definition) is 3. The molecule has 3 rings (SSSR count). The molecule has 0 spiro atoms. The zero-order valence-electron chi connectivity index (χ0n) is 19.3. The van der Waals surface area contributed by atoms with Gasteiger partial charge in [-0.15, -0.1) is 0 Å². The maximum Gasteiger partial charge on any atom is 0.223 e. The number of phenolic OH excluding ortho intramolecular Hbond substituents is 1. The number of carbonyl (C=O) groups is 1. The van der Waals surface area contributed by atoms with Gasteiger partial charge in [0.2, 0.25) is 5.91 Å². The van der Waals surface area contributed by atoms with Gasteiger partial charge in [-0.25, -0.2) is 0 Å². The second kappa shape index (κ2) is 7.94. The lowest BCUT2D eigenvalue weighted by Gasteiger charge is -2.53. The van der Waals surface area contributed by atoms with Crippen LogP contribution in [-0.4, -0.2) is 40.1 Å². The molecule has 1 aromatic rings. The van der Waals surface area contributed by atoms with Crippen LogP contribution in [0.5, 0.6) is 5.75 Å². The van der Waals surface area contributed by atoms with E-state index in [9.17, 15) is 9.90 Å². The standard InChI is InChI=1S/C25H40N2O2/c1-16(12-18-8-10-20(28)11-9-18)21-13-22(21)17(2)23(29)26-19-14-24(3,4)27(7)25(5,6)15-19/h8-11,16-17,19,21-22,28H,12-15H2,1-7H3,(H,26,29)/t16-,17-,21-,22-/m0/s1. The molecule has 2 aliphatic rings. The van der Waals surface area contributed by atoms with E-state index in [2.05, 4.69) is 58.8 Å². The van der Waals surface area contributed by atoms with Gasteiger partial charge in [-0.2, -0.15) is 0 Å².